The van der Waals surface area contributed by atoms with Gasteiger partial charge in [-0.1, -0.05) is 0 Å². The highest BCUT2D eigenvalue weighted by atomic mass is 32.1. The average Bonchev–Trinajstić information content (AvgIpc) is 3.19. The van der Waals surface area contributed by atoms with Crippen molar-refractivity contribution in [2.75, 3.05) is 6.54 Å². The zero-order chi connectivity index (χ0) is 26.3. The summed E-state index contributed by atoms with van der Waals surface area (Å²) in [6, 6.07) is -0.464. The fourth-order valence-corrected chi connectivity index (χ4v) is 5.31. The van der Waals surface area contributed by atoms with Crippen LogP contribution in [0.25, 0.3) is 10.2 Å². The minimum atomic E-state index is -4.47. The van der Waals surface area contributed by atoms with Crippen LogP contribution < -0.4 is 16.6 Å². The Hall–Kier alpha value is -2.83. The van der Waals surface area contributed by atoms with Gasteiger partial charge in [-0.25, -0.2) is 9.59 Å². The van der Waals surface area contributed by atoms with E-state index in [9.17, 15) is 32.3 Å². The summed E-state index contributed by atoms with van der Waals surface area (Å²) in [7, 11) is 0. The largest absolute Gasteiger partial charge is 0.444 e. The Balaban J connectivity index is 1.90. The summed E-state index contributed by atoms with van der Waals surface area (Å²) >= 11 is 1.04. The van der Waals surface area contributed by atoms with E-state index in [0.717, 1.165) is 20.5 Å². The van der Waals surface area contributed by atoms with Gasteiger partial charge >= 0.3 is 18.0 Å². The lowest BCUT2D eigenvalue weighted by molar-refractivity contribution is -0.136. The molecule has 1 aliphatic heterocycles. The first kappa shape index (κ1) is 26.8. The van der Waals surface area contributed by atoms with Crippen LogP contribution in [-0.2, 0) is 29.2 Å². The molecule has 2 aromatic heterocycles. The quantitative estimate of drug-likeness (QED) is 0.633. The Morgan fingerprint density at radius 1 is 1.17 bits per heavy atom. The van der Waals surface area contributed by atoms with Gasteiger partial charge in [0.25, 0.3) is 5.56 Å². The van der Waals surface area contributed by atoms with Crippen molar-refractivity contribution in [2.45, 2.75) is 84.9 Å². The lowest BCUT2D eigenvalue weighted by Gasteiger charge is -2.21. The molecule has 1 unspecified atom stereocenters. The molecule has 2 amide bonds. The molecule has 0 radical (unpaired) electrons. The van der Waals surface area contributed by atoms with Gasteiger partial charge in [0.1, 0.15) is 10.4 Å². The number of hydrogen-bond donors (Lipinski definition) is 1. The van der Waals surface area contributed by atoms with Crippen LogP contribution in [0.2, 0.25) is 0 Å². The molecule has 0 aromatic carbocycles. The number of carbonyl (C=O) groups is 2. The molecule has 194 valence electrons. The van der Waals surface area contributed by atoms with E-state index in [-0.39, 0.29) is 42.2 Å². The predicted molar refractivity (Wildman–Crippen MR) is 125 cm³/mol. The van der Waals surface area contributed by atoms with E-state index in [4.69, 9.17) is 4.74 Å². The van der Waals surface area contributed by atoms with Crippen LogP contribution in [-0.4, -0.2) is 50.4 Å². The Bertz CT molecular complexity index is 1260. The molecule has 1 aliphatic rings. The number of amides is 2. The van der Waals surface area contributed by atoms with Gasteiger partial charge < -0.3 is 15.0 Å². The molecule has 3 rings (SSSR count). The first-order chi connectivity index (χ1) is 16.1. The molecule has 1 fully saturated rings. The Kier molecular flexibility index (Phi) is 7.39. The number of fused-ring (bicyclic) bond motifs is 1. The predicted octanol–water partition coefficient (Wildman–Crippen LogP) is 3.13. The molecule has 35 heavy (non-hydrogen) atoms. The number of carbonyl (C=O) groups excluding carboxylic acids is 2. The van der Waals surface area contributed by atoms with Crippen LogP contribution in [0, 0.1) is 6.92 Å². The first-order valence-corrected chi connectivity index (χ1v) is 12.0. The van der Waals surface area contributed by atoms with Crippen molar-refractivity contribution in [3.8, 4) is 0 Å². The van der Waals surface area contributed by atoms with E-state index in [2.05, 4.69) is 5.32 Å². The SMILES string of the molecule is CCn1c(=O)c2c(C)c(CN3CC(NC(=O)OC(C)(C)C)CC3=O)sc2n(CCC(F)(F)F)c1=O. The molecular formula is C22H29F3N4O5S. The highest BCUT2D eigenvalue weighted by molar-refractivity contribution is 7.18. The van der Waals surface area contributed by atoms with Crippen LogP contribution in [0.1, 0.15) is 51.0 Å². The molecular weight excluding hydrogens is 489 g/mol. The standard InChI is InChI=1S/C22H29F3N4O5S/c1-6-28-17(31)16-12(2)14(35-18(16)29(20(28)33)8-7-22(23,24)25)11-27-10-13(9-15(27)30)26-19(32)34-21(3,4)5/h13H,6-11H2,1-5H3,(H,26,32). The number of hydrogen-bond acceptors (Lipinski definition) is 6. The number of halogens is 3. The molecule has 2 aromatic rings. The number of ether oxygens (including phenoxy) is 1. The maximum absolute atomic E-state index is 12.9. The van der Waals surface area contributed by atoms with E-state index in [0.29, 0.717) is 10.4 Å². The van der Waals surface area contributed by atoms with Gasteiger partial charge in [-0.3, -0.25) is 18.7 Å². The fraction of sp³-hybridized carbons (Fsp3) is 0.636. The Labute approximate surface area is 203 Å². The number of likely N-dealkylation sites (tertiary alicyclic amines) is 1. The van der Waals surface area contributed by atoms with Crippen LogP contribution in [0.15, 0.2) is 9.59 Å². The molecule has 3 heterocycles. The second-order valence-corrected chi connectivity index (χ2v) is 10.6. The number of aryl methyl sites for hydroxylation is 2. The number of alkyl halides is 3. The Morgan fingerprint density at radius 3 is 2.40 bits per heavy atom. The van der Waals surface area contributed by atoms with Crippen LogP contribution in [0.4, 0.5) is 18.0 Å². The van der Waals surface area contributed by atoms with Crippen molar-refractivity contribution in [1.29, 1.82) is 0 Å². The van der Waals surface area contributed by atoms with Crippen LogP contribution in [0.5, 0.6) is 0 Å². The second-order valence-electron chi connectivity index (χ2n) is 9.50. The van der Waals surface area contributed by atoms with E-state index < -0.39 is 48.1 Å². The summed E-state index contributed by atoms with van der Waals surface area (Å²) in [5.74, 6) is -0.219. The van der Waals surface area contributed by atoms with Gasteiger partial charge in [0, 0.05) is 30.9 Å². The molecule has 0 bridgehead atoms. The van der Waals surface area contributed by atoms with Gasteiger partial charge in [-0.2, -0.15) is 13.2 Å². The maximum atomic E-state index is 12.9. The van der Waals surface area contributed by atoms with E-state index in [1.165, 1.54) is 4.90 Å². The van der Waals surface area contributed by atoms with Gasteiger partial charge in [0.2, 0.25) is 5.91 Å². The van der Waals surface area contributed by atoms with Crippen LogP contribution >= 0.6 is 11.3 Å². The fourth-order valence-electron chi connectivity index (χ4n) is 3.98. The van der Waals surface area contributed by atoms with Crippen molar-refractivity contribution >= 4 is 33.6 Å². The van der Waals surface area contributed by atoms with Gasteiger partial charge in [-0.05, 0) is 40.2 Å². The monoisotopic (exact) mass is 518 g/mol. The van der Waals surface area contributed by atoms with Gasteiger partial charge in [0.15, 0.2) is 0 Å². The van der Waals surface area contributed by atoms with E-state index in [1.807, 2.05) is 0 Å². The van der Waals surface area contributed by atoms with Gasteiger partial charge in [-0.15, -0.1) is 11.3 Å². The summed E-state index contributed by atoms with van der Waals surface area (Å²) < 4.78 is 45.8. The molecule has 13 heteroatoms. The molecule has 1 saturated heterocycles. The second kappa shape index (κ2) is 9.67. The lowest BCUT2D eigenvalue weighted by Crippen LogP contribution is -2.40. The third-order valence-electron chi connectivity index (χ3n) is 5.60. The molecule has 9 nitrogen and oxygen atoms in total. The minimum Gasteiger partial charge on any atom is -0.444 e. The smallest absolute Gasteiger partial charge is 0.407 e. The zero-order valence-corrected chi connectivity index (χ0v) is 21.1. The summed E-state index contributed by atoms with van der Waals surface area (Å²) in [6.07, 6.45) is -6.24. The van der Waals surface area contributed by atoms with Crippen molar-refractivity contribution in [1.82, 2.24) is 19.4 Å². The molecule has 0 aliphatic carbocycles. The number of nitrogens with one attached hydrogen (secondary N) is 1. The Morgan fingerprint density at radius 2 is 1.83 bits per heavy atom. The highest BCUT2D eigenvalue weighted by Gasteiger charge is 2.33. The summed E-state index contributed by atoms with van der Waals surface area (Å²) in [4.78, 5) is 52.6. The number of alkyl carbamates (subject to hydrolysis) is 1. The van der Waals surface area contributed by atoms with Crippen molar-refractivity contribution in [3.63, 3.8) is 0 Å². The summed E-state index contributed by atoms with van der Waals surface area (Å²) in [5.41, 5.74) is -1.52. The molecule has 1 atom stereocenters. The highest BCUT2D eigenvalue weighted by Crippen LogP contribution is 2.31. The zero-order valence-electron chi connectivity index (χ0n) is 20.2. The first-order valence-electron chi connectivity index (χ1n) is 11.2. The van der Waals surface area contributed by atoms with Gasteiger partial charge in [0.05, 0.1) is 24.4 Å². The third-order valence-corrected chi connectivity index (χ3v) is 6.90. The topological polar surface area (TPSA) is 103 Å². The molecule has 1 N–H and O–H groups in total. The van der Waals surface area contributed by atoms with Crippen molar-refractivity contribution < 1.29 is 27.5 Å². The molecule has 0 saturated carbocycles. The minimum absolute atomic E-state index is 0.0207. The average molecular weight is 519 g/mol. The van der Waals surface area contributed by atoms with Crippen LogP contribution in [0.3, 0.4) is 0 Å². The maximum Gasteiger partial charge on any atom is 0.407 e. The molecule has 0 spiro atoms. The number of aromatic nitrogens is 2. The van der Waals surface area contributed by atoms with Crippen molar-refractivity contribution in [3.05, 3.63) is 31.3 Å². The lowest BCUT2D eigenvalue weighted by atomic mass is 10.2. The van der Waals surface area contributed by atoms with E-state index >= 15 is 0 Å². The third kappa shape index (κ3) is 6.06. The van der Waals surface area contributed by atoms with E-state index in [1.54, 1.807) is 34.6 Å². The number of thiophene rings is 1. The number of rotatable bonds is 6. The van der Waals surface area contributed by atoms with Crippen molar-refractivity contribution in [2.24, 2.45) is 0 Å². The number of nitrogens with zero attached hydrogens (tertiary/aromatic N) is 3. The summed E-state index contributed by atoms with van der Waals surface area (Å²) in [5, 5.41) is 2.85. The normalized spacial score (nSPS) is 16.9. The summed E-state index contributed by atoms with van der Waals surface area (Å²) in [6.45, 7) is 8.14.